The monoisotopic (exact) mass is 402 g/mol. The van der Waals surface area contributed by atoms with E-state index in [1.807, 2.05) is 64.1 Å². The van der Waals surface area contributed by atoms with E-state index < -0.39 is 11.8 Å². The van der Waals surface area contributed by atoms with Crippen molar-refractivity contribution < 1.29 is 9.59 Å². The molecule has 3 rings (SSSR count). The van der Waals surface area contributed by atoms with Gasteiger partial charge in [0.1, 0.15) is 5.57 Å². The average molecular weight is 402 g/mol. The molecule has 0 aliphatic rings. The zero-order valence-electron chi connectivity index (χ0n) is 17.9. The maximum absolute atomic E-state index is 13.1. The summed E-state index contributed by atoms with van der Waals surface area (Å²) in [6.45, 7) is 7.82. The topological polar surface area (TPSA) is 76.0 Å². The van der Waals surface area contributed by atoms with Gasteiger partial charge in [-0.15, -0.1) is 0 Å². The number of nitrogens with one attached hydrogen (secondary N) is 2. The number of carbonyl (C=O) groups excluding carboxylic acids is 2. The molecular weight excluding hydrogens is 376 g/mol. The van der Waals surface area contributed by atoms with E-state index in [9.17, 15) is 9.59 Å². The second-order valence-electron chi connectivity index (χ2n) is 7.55. The van der Waals surface area contributed by atoms with Gasteiger partial charge in [0.15, 0.2) is 0 Å². The van der Waals surface area contributed by atoms with Crippen molar-refractivity contribution in [2.75, 3.05) is 10.6 Å². The highest BCUT2D eigenvalue weighted by Crippen LogP contribution is 2.20. The first kappa shape index (κ1) is 21.0. The number of hydrogen-bond acceptors (Lipinski definition) is 3. The molecule has 1 heterocycles. The summed E-state index contributed by atoms with van der Waals surface area (Å²) in [6, 6.07) is 11.5. The summed E-state index contributed by atoms with van der Waals surface area (Å²) in [5.74, 6) is -0.957. The molecule has 0 saturated heterocycles. The van der Waals surface area contributed by atoms with Crippen molar-refractivity contribution in [2.45, 2.75) is 27.7 Å². The third kappa shape index (κ3) is 5.03. The van der Waals surface area contributed by atoms with E-state index in [-0.39, 0.29) is 5.57 Å². The lowest BCUT2D eigenvalue weighted by Gasteiger charge is -2.13. The van der Waals surface area contributed by atoms with Crippen molar-refractivity contribution in [1.82, 2.24) is 9.78 Å². The lowest BCUT2D eigenvalue weighted by Crippen LogP contribution is -2.26. The SMILES string of the molecule is Cc1ccc(NC(=O)C(=Cc2cnn(C)c2)C(=O)Nc2ccc(C)cc2C)c(C)c1. The van der Waals surface area contributed by atoms with E-state index in [2.05, 4.69) is 15.7 Å². The van der Waals surface area contributed by atoms with E-state index in [0.29, 0.717) is 16.9 Å². The Morgan fingerprint density at radius 1 is 0.867 bits per heavy atom. The van der Waals surface area contributed by atoms with Gasteiger partial charge in [0.05, 0.1) is 6.20 Å². The predicted octanol–water partition coefficient (Wildman–Crippen LogP) is 4.31. The number of rotatable bonds is 5. The number of hydrogen-bond donors (Lipinski definition) is 2. The number of benzene rings is 2. The summed E-state index contributed by atoms with van der Waals surface area (Å²) in [6.07, 6.45) is 4.90. The van der Waals surface area contributed by atoms with Crippen LogP contribution >= 0.6 is 0 Å². The molecule has 6 nitrogen and oxygen atoms in total. The van der Waals surface area contributed by atoms with Crippen LogP contribution in [0.2, 0.25) is 0 Å². The fourth-order valence-corrected chi connectivity index (χ4v) is 3.20. The van der Waals surface area contributed by atoms with Crippen molar-refractivity contribution in [3.63, 3.8) is 0 Å². The number of aryl methyl sites for hydroxylation is 5. The molecule has 2 N–H and O–H groups in total. The van der Waals surface area contributed by atoms with Gasteiger partial charge in [-0.25, -0.2) is 0 Å². The Labute approximate surface area is 176 Å². The maximum Gasteiger partial charge on any atom is 0.261 e. The molecular formula is C24H26N4O2. The van der Waals surface area contributed by atoms with E-state index >= 15 is 0 Å². The van der Waals surface area contributed by atoms with Crippen LogP contribution in [0.15, 0.2) is 54.4 Å². The second kappa shape index (κ2) is 8.78. The summed E-state index contributed by atoms with van der Waals surface area (Å²) in [4.78, 5) is 26.1. The number of aromatic nitrogens is 2. The van der Waals surface area contributed by atoms with E-state index in [0.717, 1.165) is 22.3 Å². The van der Waals surface area contributed by atoms with Gasteiger partial charge in [0.25, 0.3) is 11.8 Å². The quantitative estimate of drug-likeness (QED) is 0.379. The molecule has 6 heteroatoms. The average Bonchev–Trinajstić information content (AvgIpc) is 3.09. The minimum absolute atomic E-state index is 0.00273. The van der Waals surface area contributed by atoms with Crippen LogP contribution in [0.5, 0.6) is 0 Å². The molecule has 0 saturated carbocycles. The number of nitrogens with zero attached hydrogens (tertiary/aromatic N) is 2. The fraction of sp³-hybridized carbons (Fsp3) is 0.208. The Morgan fingerprint density at radius 2 is 1.37 bits per heavy atom. The second-order valence-corrected chi connectivity index (χ2v) is 7.55. The predicted molar refractivity (Wildman–Crippen MR) is 120 cm³/mol. The van der Waals surface area contributed by atoms with Crippen molar-refractivity contribution in [3.8, 4) is 0 Å². The standard InChI is InChI=1S/C24H26N4O2/c1-15-6-8-21(17(3)10-15)26-23(29)20(12-19-13-25-28(5)14-19)24(30)27-22-9-7-16(2)11-18(22)4/h6-14H,1-5H3,(H,26,29)(H,27,30). The Kier molecular flexibility index (Phi) is 6.16. The highest BCUT2D eigenvalue weighted by Gasteiger charge is 2.20. The summed E-state index contributed by atoms with van der Waals surface area (Å²) >= 11 is 0. The molecule has 0 unspecified atom stereocenters. The molecule has 0 fully saturated rings. The van der Waals surface area contributed by atoms with Crippen molar-refractivity contribution in [2.24, 2.45) is 7.05 Å². The molecule has 2 aromatic carbocycles. The summed E-state index contributed by atoms with van der Waals surface area (Å²) in [5.41, 5.74) is 6.07. The van der Waals surface area contributed by atoms with Crippen molar-refractivity contribution in [1.29, 1.82) is 0 Å². The van der Waals surface area contributed by atoms with E-state index in [1.165, 1.54) is 0 Å². The molecule has 154 valence electrons. The Morgan fingerprint density at radius 3 is 1.77 bits per heavy atom. The number of anilines is 2. The molecule has 1 aromatic heterocycles. The van der Waals surface area contributed by atoms with Crippen molar-refractivity contribution >= 4 is 29.3 Å². The zero-order valence-corrected chi connectivity index (χ0v) is 17.9. The van der Waals surface area contributed by atoms with Crippen LogP contribution in [0.3, 0.4) is 0 Å². The lowest BCUT2D eigenvalue weighted by molar-refractivity contribution is -0.118. The van der Waals surface area contributed by atoms with Gasteiger partial charge in [-0.05, 0) is 57.0 Å². The summed E-state index contributed by atoms with van der Waals surface area (Å²) in [5, 5.41) is 9.83. The smallest absolute Gasteiger partial charge is 0.261 e. The molecule has 2 amide bonds. The third-order valence-corrected chi connectivity index (χ3v) is 4.79. The largest absolute Gasteiger partial charge is 0.322 e. The van der Waals surface area contributed by atoms with Crippen LogP contribution in [-0.4, -0.2) is 21.6 Å². The van der Waals surface area contributed by atoms with Gasteiger partial charge in [0.2, 0.25) is 0 Å². The van der Waals surface area contributed by atoms with Gasteiger partial charge in [-0.3, -0.25) is 14.3 Å². The molecule has 0 radical (unpaired) electrons. The molecule has 0 aliphatic heterocycles. The first-order valence-corrected chi connectivity index (χ1v) is 9.70. The van der Waals surface area contributed by atoms with Crippen LogP contribution < -0.4 is 10.6 Å². The first-order chi connectivity index (χ1) is 14.2. The molecule has 0 spiro atoms. The zero-order chi connectivity index (χ0) is 21.8. The van der Waals surface area contributed by atoms with Gasteiger partial charge in [-0.1, -0.05) is 35.4 Å². The van der Waals surface area contributed by atoms with Crippen molar-refractivity contribution in [3.05, 3.63) is 82.2 Å². The molecule has 0 bridgehead atoms. The Balaban J connectivity index is 1.92. The molecule has 30 heavy (non-hydrogen) atoms. The first-order valence-electron chi connectivity index (χ1n) is 9.70. The molecule has 3 aromatic rings. The Hall–Kier alpha value is -3.67. The molecule has 0 atom stereocenters. The van der Waals surface area contributed by atoms with E-state index in [1.54, 1.807) is 30.2 Å². The van der Waals surface area contributed by atoms with Crippen LogP contribution in [0.25, 0.3) is 6.08 Å². The summed E-state index contributed by atoms with van der Waals surface area (Å²) < 4.78 is 1.62. The lowest BCUT2D eigenvalue weighted by atomic mass is 10.1. The van der Waals surface area contributed by atoms with Crippen LogP contribution in [0, 0.1) is 27.7 Å². The highest BCUT2D eigenvalue weighted by molar-refractivity contribution is 6.29. The molecule has 0 aliphatic carbocycles. The van der Waals surface area contributed by atoms with Gasteiger partial charge < -0.3 is 10.6 Å². The normalized spacial score (nSPS) is 10.4. The minimum atomic E-state index is -0.479. The van der Waals surface area contributed by atoms with E-state index in [4.69, 9.17) is 0 Å². The number of amides is 2. The van der Waals surface area contributed by atoms with Gasteiger partial charge in [-0.2, -0.15) is 5.10 Å². The number of carbonyl (C=O) groups is 2. The van der Waals surface area contributed by atoms with Gasteiger partial charge in [0, 0.05) is 30.2 Å². The van der Waals surface area contributed by atoms with Crippen LogP contribution in [0.4, 0.5) is 11.4 Å². The summed E-state index contributed by atoms with van der Waals surface area (Å²) in [7, 11) is 1.78. The van der Waals surface area contributed by atoms with Crippen LogP contribution in [0.1, 0.15) is 27.8 Å². The fourth-order valence-electron chi connectivity index (χ4n) is 3.20. The highest BCUT2D eigenvalue weighted by atomic mass is 16.2. The third-order valence-electron chi connectivity index (χ3n) is 4.79. The van der Waals surface area contributed by atoms with Crippen LogP contribution in [-0.2, 0) is 16.6 Å². The minimum Gasteiger partial charge on any atom is -0.322 e. The Bertz CT molecular complexity index is 1070. The maximum atomic E-state index is 13.1. The van der Waals surface area contributed by atoms with Gasteiger partial charge >= 0.3 is 0 Å².